The van der Waals surface area contributed by atoms with Crippen LogP contribution in [0.5, 0.6) is 11.5 Å². The maximum atomic E-state index is 14.5. The fourth-order valence-corrected chi connectivity index (χ4v) is 2.89. The summed E-state index contributed by atoms with van der Waals surface area (Å²) >= 11 is 0. The van der Waals surface area contributed by atoms with Crippen LogP contribution in [0.25, 0.3) is 11.3 Å². The zero-order valence-corrected chi connectivity index (χ0v) is 16.8. The second kappa shape index (κ2) is 8.62. The molecule has 3 aromatic heterocycles. The van der Waals surface area contributed by atoms with Crippen LogP contribution in [-0.4, -0.2) is 25.8 Å². The van der Waals surface area contributed by atoms with Crippen molar-refractivity contribution in [1.82, 2.24) is 19.7 Å². The third-order valence-corrected chi connectivity index (χ3v) is 4.29. The number of carbonyl (C=O) groups excluding carboxylic acids is 1. The molecule has 0 radical (unpaired) electrons. The molecule has 0 saturated heterocycles. The number of anilines is 2. The molecule has 0 spiro atoms. The predicted octanol–water partition coefficient (Wildman–Crippen LogP) is 4.76. The van der Waals surface area contributed by atoms with Gasteiger partial charge in [0.15, 0.2) is 0 Å². The molecule has 0 saturated carbocycles. The Morgan fingerprint density at radius 2 is 1.90 bits per heavy atom. The van der Waals surface area contributed by atoms with Gasteiger partial charge in [0.25, 0.3) is 0 Å². The van der Waals surface area contributed by atoms with Crippen molar-refractivity contribution in [3.8, 4) is 22.8 Å². The standard InChI is InChI=1S/C22H19FN6O2/c1-14-7-16(12-24-10-14)27-22(30)28-20-4-3-17(8-19(20)23)31-18-5-6-25-21(9-18)15-11-26-29(2)13-15/h3-13H,1-2H3,(H2,27,28,30). The highest BCUT2D eigenvalue weighted by atomic mass is 19.1. The second-order valence-electron chi connectivity index (χ2n) is 6.85. The summed E-state index contributed by atoms with van der Waals surface area (Å²) in [5, 5.41) is 9.21. The van der Waals surface area contributed by atoms with Crippen LogP contribution in [0.4, 0.5) is 20.6 Å². The first-order valence-corrected chi connectivity index (χ1v) is 9.38. The minimum absolute atomic E-state index is 0.0243. The van der Waals surface area contributed by atoms with Crippen LogP contribution in [0, 0.1) is 12.7 Å². The summed E-state index contributed by atoms with van der Waals surface area (Å²) in [6.07, 6.45) is 8.32. The molecule has 156 valence electrons. The van der Waals surface area contributed by atoms with Gasteiger partial charge in [0.05, 0.1) is 29.5 Å². The van der Waals surface area contributed by atoms with Crippen molar-refractivity contribution in [1.29, 1.82) is 0 Å². The molecule has 2 N–H and O–H groups in total. The Bertz CT molecular complexity index is 1240. The van der Waals surface area contributed by atoms with Crippen molar-refractivity contribution >= 4 is 17.4 Å². The number of hydrogen-bond donors (Lipinski definition) is 2. The number of nitrogens with zero attached hydrogens (tertiary/aromatic N) is 4. The number of rotatable bonds is 5. The first kappa shape index (κ1) is 20.0. The number of pyridine rings is 2. The van der Waals surface area contributed by atoms with Crippen molar-refractivity contribution in [3.63, 3.8) is 0 Å². The molecule has 0 unspecified atom stereocenters. The number of aryl methyl sites for hydroxylation is 2. The van der Waals surface area contributed by atoms with Gasteiger partial charge < -0.3 is 15.4 Å². The number of nitrogens with one attached hydrogen (secondary N) is 2. The van der Waals surface area contributed by atoms with Crippen LogP contribution in [0.1, 0.15) is 5.56 Å². The number of hydrogen-bond acceptors (Lipinski definition) is 5. The lowest BCUT2D eigenvalue weighted by Gasteiger charge is -2.11. The molecule has 8 nitrogen and oxygen atoms in total. The summed E-state index contributed by atoms with van der Waals surface area (Å²) in [6.45, 7) is 1.86. The molecule has 4 rings (SSSR count). The van der Waals surface area contributed by atoms with Gasteiger partial charge >= 0.3 is 6.03 Å². The Labute approximate surface area is 177 Å². The highest BCUT2D eigenvalue weighted by Crippen LogP contribution is 2.28. The van der Waals surface area contributed by atoms with Crippen LogP contribution in [0.2, 0.25) is 0 Å². The number of carbonyl (C=O) groups is 1. The Balaban J connectivity index is 1.43. The van der Waals surface area contributed by atoms with E-state index in [1.54, 1.807) is 47.5 Å². The lowest BCUT2D eigenvalue weighted by atomic mass is 10.2. The summed E-state index contributed by atoms with van der Waals surface area (Å²) in [4.78, 5) is 20.4. The minimum atomic E-state index is -0.628. The fourth-order valence-electron chi connectivity index (χ4n) is 2.89. The van der Waals surface area contributed by atoms with Gasteiger partial charge in [-0.25, -0.2) is 9.18 Å². The lowest BCUT2D eigenvalue weighted by molar-refractivity contribution is 0.262. The fraction of sp³-hybridized carbons (Fsp3) is 0.0909. The van der Waals surface area contributed by atoms with Crippen LogP contribution >= 0.6 is 0 Å². The summed E-state index contributed by atoms with van der Waals surface area (Å²) in [5.74, 6) is 0.157. The van der Waals surface area contributed by atoms with E-state index in [-0.39, 0.29) is 11.4 Å². The third-order valence-electron chi connectivity index (χ3n) is 4.29. The van der Waals surface area contributed by atoms with E-state index in [2.05, 4.69) is 25.7 Å². The lowest BCUT2D eigenvalue weighted by Crippen LogP contribution is -2.20. The van der Waals surface area contributed by atoms with Crippen LogP contribution in [-0.2, 0) is 7.05 Å². The van der Waals surface area contributed by atoms with Gasteiger partial charge in [-0.2, -0.15) is 5.10 Å². The van der Waals surface area contributed by atoms with Crippen molar-refractivity contribution in [2.75, 3.05) is 10.6 Å². The average Bonchev–Trinajstić information content (AvgIpc) is 3.17. The van der Waals surface area contributed by atoms with E-state index in [1.807, 2.05) is 20.2 Å². The molecule has 0 fully saturated rings. The van der Waals surface area contributed by atoms with Gasteiger partial charge in [0, 0.05) is 43.3 Å². The van der Waals surface area contributed by atoms with Crippen molar-refractivity contribution in [2.45, 2.75) is 6.92 Å². The molecule has 9 heteroatoms. The van der Waals surface area contributed by atoms with Crippen LogP contribution < -0.4 is 15.4 Å². The SMILES string of the molecule is Cc1cncc(NC(=O)Nc2ccc(Oc3ccnc(-c4cnn(C)c4)c3)cc2F)c1. The van der Waals surface area contributed by atoms with Gasteiger partial charge in [-0.05, 0) is 36.8 Å². The zero-order valence-electron chi connectivity index (χ0n) is 16.8. The van der Waals surface area contributed by atoms with Gasteiger partial charge in [-0.15, -0.1) is 0 Å². The highest BCUT2D eigenvalue weighted by Gasteiger charge is 2.10. The number of urea groups is 1. The average molecular weight is 418 g/mol. The maximum Gasteiger partial charge on any atom is 0.323 e. The number of amides is 2. The van der Waals surface area contributed by atoms with Gasteiger partial charge in [-0.1, -0.05) is 0 Å². The number of ether oxygens (including phenoxy) is 1. The molecule has 31 heavy (non-hydrogen) atoms. The van der Waals surface area contributed by atoms with E-state index < -0.39 is 11.8 Å². The topological polar surface area (TPSA) is 94.0 Å². The Kier molecular flexibility index (Phi) is 5.57. The van der Waals surface area contributed by atoms with Gasteiger partial charge in [0.1, 0.15) is 17.3 Å². The molecule has 1 aromatic carbocycles. The smallest absolute Gasteiger partial charge is 0.323 e. The van der Waals surface area contributed by atoms with E-state index >= 15 is 0 Å². The van der Waals surface area contributed by atoms with Crippen LogP contribution in [0.3, 0.4) is 0 Å². The molecule has 0 aliphatic heterocycles. The second-order valence-corrected chi connectivity index (χ2v) is 6.85. The summed E-state index contributed by atoms with van der Waals surface area (Å²) in [7, 11) is 1.82. The molecule has 0 bridgehead atoms. The molecule has 0 atom stereocenters. The van der Waals surface area contributed by atoms with Gasteiger partial charge in [0.2, 0.25) is 0 Å². The molecule has 4 aromatic rings. The first-order valence-electron chi connectivity index (χ1n) is 9.38. The highest BCUT2D eigenvalue weighted by molar-refractivity contribution is 5.99. The predicted molar refractivity (Wildman–Crippen MR) is 115 cm³/mol. The maximum absolute atomic E-state index is 14.5. The monoisotopic (exact) mass is 418 g/mol. The molecule has 2 amide bonds. The molecular weight excluding hydrogens is 399 g/mol. The Morgan fingerprint density at radius 1 is 1.06 bits per heavy atom. The zero-order chi connectivity index (χ0) is 21.8. The first-order chi connectivity index (χ1) is 15.0. The number of aromatic nitrogens is 4. The third kappa shape index (κ3) is 5.02. The largest absolute Gasteiger partial charge is 0.457 e. The number of halogens is 1. The summed E-state index contributed by atoms with van der Waals surface area (Å²) < 4.78 is 21.9. The number of benzene rings is 1. The van der Waals surface area contributed by atoms with E-state index in [0.29, 0.717) is 17.1 Å². The molecular formula is C22H19FN6O2. The summed E-state index contributed by atoms with van der Waals surface area (Å²) in [5.41, 5.74) is 2.96. The quantitative estimate of drug-likeness (QED) is 0.487. The normalized spacial score (nSPS) is 10.5. The van der Waals surface area contributed by atoms with Gasteiger partial charge in [-0.3, -0.25) is 14.6 Å². The molecule has 0 aliphatic rings. The molecule has 3 heterocycles. The summed E-state index contributed by atoms with van der Waals surface area (Å²) in [6, 6.07) is 8.80. The van der Waals surface area contributed by atoms with E-state index in [9.17, 15) is 9.18 Å². The Morgan fingerprint density at radius 3 is 2.65 bits per heavy atom. The molecule has 0 aliphatic carbocycles. The van der Waals surface area contributed by atoms with E-state index in [4.69, 9.17) is 4.74 Å². The van der Waals surface area contributed by atoms with Crippen LogP contribution in [0.15, 0.2) is 67.4 Å². The van der Waals surface area contributed by atoms with E-state index in [1.165, 1.54) is 18.3 Å². The minimum Gasteiger partial charge on any atom is -0.457 e. The van der Waals surface area contributed by atoms with E-state index in [0.717, 1.165) is 11.1 Å². The van der Waals surface area contributed by atoms with Crippen molar-refractivity contribution < 1.29 is 13.9 Å². The van der Waals surface area contributed by atoms with Crippen molar-refractivity contribution in [3.05, 3.63) is 78.8 Å². The van der Waals surface area contributed by atoms with Crippen molar-refractivity contribution in [2.24, 2.45) is 7.05 Å². The Hall–Kier alpha value is -4.27.